The fourth-order valence-electron chi connectivity index (χ4n) is 2.64. The first-order valence-electron chi connectivity index (χ1n) is 7.86. The first-order valence-corrected chi connectivity index (χ1v) is 9.30. The molecule has 0 saturated carbocycles. The molecule has 2 aromatic carbocycles. The summed E-state index contributed by atoms with van der Waals surface area (Å²) in [5, 5.41) is 11.3. The Balaban J connectivity index is 0.00000338. The van der Waals surface area contributed by atoms with Gasteiger partial charge < -0.3 is 5.73 Å². The van der Waals surface area contributed by atoms with Crippen molar-refractivity contribution >= 4 is 28.1 Å². The predicted octanol–water partition coefficient (Wildman–Crippen LogP) is 2.52. The van der Waals surface area contributed by atoms with E-state index >= 15 is 0 Å². The van der Waals surface area contributed by atoms with Gasteiger partial charge >= 0.3 is 0 Å². The third kappa shape index (κ3) is 5.01. The normalized spacial score (nSPS) is 11.2. The molecule has 0 unspecified atom stereocenters. The molecule has 0 atom stereocenters. The van der Waals surface area contributed by atoms with Crippen LogP contribution in [0.2, 0.25) is 0 Å². The fraction of sp³-hybridized carbons (Fsp3) is 0.294. The lowest BCUT2D eigenvalue weighted by molar-refractivity contribution is -0.387. The quantitative estimate of drug-likeness (QED) is 0.542. The Morgan fingerprint density at radius 3 is 2.31 bits per heavy atom. The van der Waals surface area contributed by atoms with Crippen molar-refractivity contribution in [2.75, 3.05) is 19.6 Å². The molecule has 142 valence electrons. The lowest BCUT2D eigenvalue weighted by Gasteiger charge is -2.22. The number of nitro benzene ring substituents is 1. The first-order chi connectivity index (χ1) is 11.9. The van der Waals surface area contributed by atoms with Crippen molar-refractivity contribution in [1.29, 1.82) is 0 Å². The van der Waals surface area contributed by atoms with Gasteiger partial charge in [0.15, 0.2) is 4.90 Å². The molecule has 0 radical (unpaired) electrons. The van der Waals surface area contributed by atoms with Crippen molar-refractivity contribution in [3.05, 3.63) is 69.8 Å². The molecule has 0 fully saturated rings. The van der Waals surface area contributed by atoms with E-state index < -0.39 is 20.6 Å². The molecule has 0 amide bonds. The number of hydrogen-bond acceptors (Lipinski definition) is 5. The van der Waals surface area contributed by atoms with Gasteiger partial charge in [-0.15, -0.1) is 12.4 Å². The first kappa shape index (κ1) is 22.0. The number of aryl methyl sites for hydroxylation is 1. The Kier molecular flexibility index (Phi) is 8.16. The van der Waals surface area contributed by atoms with Gasteiger partial charge in [0.05, 0.1) is 4.92 Å². The van der Waals surface area contributed by atoms with Gasteiger partial charge in [-0.2, -0.15) is 4.31 Å². The second-order valence-electron chi connectivity index (χ2n) is 5.61. The van der Waals surface area contributed by atoms with E-state index in [1.54, 1.807) is 13.0 Å². The molecule has 2 rings (SSSR count). The minimum atomic E-state index is -4.03. The van der Waals surface area contributed by atoms with Crippen LogP contribution in [0.4, 0.5) is 5.69 Å². The highest BCUT2D eigenvalue weighted by Crippen LogP contribution is 2.29. The SMILES string of the molecule is Cc1cccc([N+](=O)[O-])c1S(=O)(=O)N(CCN)CCc1ccccc1.Cl. The monoisotopic (exact) mass is 399 g/mol. The molecular formula is C17H22ClN3O4S. The number of halogens is 1. The van der Waals surface area contributed by atoms with Crippen LogP contribution in [-0.4, -0.2) is 37.3 Å². The molecule has 9 heteroatoms. The number of hydrogen-bond donors (Lipinski definition) is 1. The maximum absolute atomic E-state index is 13.1. The second kappa shape index (κ2) is 9.63. The molecule has 26 heavy (non-hydrogen) atoms. The molecule has 7 nitrogen and oxygen atoms in total. The van der Waals surface area contributed by atoms with E-state index in [9.17, 15) is 18.5 Å². The van der Waals surface area contributed by atoms with Gasteiger partial charge in [-0.05, 0) is 24.5 Å². The topological polar surface area (TPSA) is 107 Å². The van der Waals surface area contributed by atoms with Crippen molar-refractivity contribution < 1.29 is 13.3 Å². The van der Waals surface area contributed by atoms with Crippen LogP contribution in [0.15, 0.2) is 53.4 Å². The summed E-state index contributed by atoms with van der Waals surface area (Å²) in [4.78, 5) is 10.3. The van der Waals surface area contributed by atoms with Gasteiger partial charge in [-0.25, -0.2) is 8.42 Å². The molecule has 0 aliphatic rings. The van der Waals surface area contributed by atoms with Crippen LogP contribution >= 0.6 is 12.4 Å². The highest BCUT2D eigenvalue weighted by atomic mass is 35.5. The zero-order valence-electron chi connectivity index (χ0n) is 14.4. The van der Waals surface area contributed by atoms with Gasteiger partial charge in [0.1, 0.15) is 0 Å². The van der Waals surface area contributed by atoms with Gasteiger partial charge in [0, 0.05) is 25.7 Å². The van der Waals surface area contributed by atoms with Gasteiger partial charge in [-0.3, -0.25) is 10.1 Å². The van der Waals surface area contributed by atoms with E-state index in [0.717, 1.165) is 5.56 Å². The summed E-state index contributed by atoms with van der Waals surface area (Å²) in [5.41, 5.74) is 6.48. The number of benzene rings is 2. The summed E-state index contributed by atoms with van der Waals surface area (Å²) in [6.45, 7) is 1.99. The Bertz CT molecular complexity index is 844. The van der Waals surface area contributed by atoms with E-state index in [0.29, 0.717) is 12.0 Å². The molecule has 0 saturated heterocycles. The van der Waals surface area contributed by atoms with E-state index in [1.165, 1.54) is 16.4 Å². The van der Waals surface area contributed by atoms with E-state index in [1.807, 2.05) is 30.3 Å². The highest BCUT2D eigenvalue weighted by Gasteiger charge is 2.32. The third-order valence-electron chi connectivity index (χ3n) is 3.86. The van der Waals surface area contributed by atoms with E-state index in [2.05, 4.69) is 0 Å². The summed E-state index contributed by atoms with van der Waals surface area (Å²) in [6.07, 6.45) is 0.500. The molecular weight excluding hydrogens is 378 g/mol. The zero-order chi connectivity index (χ0) is 18.4. The summed E-state index contributed by atoms with van der Waals surface area (Å²) >= 11 is 0. The summed E-state index contributed by atoms with van der Waals surface area (Å²) in [7, 11) is -4.03. The van der Waals surface area contributed by atoms with Crippen molar-refractivity contribution in [2.45, 2.75) is 18.2 Å². The molecule has 0 aromatic heterocycles. The van der Waals surface area contributed by atoms with Crippen LogP contribution in [0, 0.1) is 17.0 Å². The number of sulfonamides is 1. The van der Waals surface area contributed by atoms with Gasteiger partial charge in [0.2, 0.25) is 10.0 Å². The van der Waals surface area contributed by atoms with Crippen molar-refractivity contribution in [1.82, 2.24) is 4.31 Å². The van der Waals surface area contributed by atoms with Crippen molar-refractivity contribution in [2.24, 2.45) is 5.73 Å². The minimum Gasteiger partial charge on any atom is -0.329 e. The number of rotatable bonds is 8. The molecule has 2 N–H and O–H groups in total. The molecule has 0 aliphatic heterocycles. The summed E-state index contributed by atoms with van der Waals surface area (Å²) < 4.78 is 27.3. The minimum absolute atomic E-state index is 0. The highest BCUT2D eigenvalue weighted by molar-refractivity contribution is 7.89. The van der Waals surface area contributed by atoms with Crippen LogP contribution < -0.4 is 5.73 Å². The largest absolute Gasteiger partial charge is 0.329 e. The second-order valence-corrected chi connectivity index (χ2v) is 7.48. The molecule has 0 aliphatic carbocycles. The average molecular weight is 400 g/mol. The van der Waals surface area contributed by atoms with Crippen LogP contribution in [0.3, 0.4) is 0 Å². The zero-order valence-corrected chi connectivity index (χ0v) is 16.0. The van der Waals surface area contributed by atoms with Crippen LogP contribution in [0.5, 0.6) is 0 Å². The smallest absolute Gasteiger partial charge is 0.289 e. The van der Waals surface area contributed by atoms with Gasteiger partial charge in [0.25, 0.3) is 5.69 Å². The van der Waals surface area contributed by atoms with Crippen LogP contribution in [0.1, 0.15) is 11.1 Å². The van der Waals surface area contributed by atoms with E-state index in [-0.39, 0.29) is 36.9 Å². The Morgan fingerprint density at radius 1 is 1.08 bits per heavy atom. The number of nitrogens with zero attached hydrogens (tertiary/aromatic N) is 2. The van der Waals surface area contributed by atoms with Crippen molar-refractivity contribution in [3.63, 3.8) is 0 Å². The Hall–Kier alpha value is -2.00. The molecule has 0 heterocycles. The number of nitrogens with two attached hydrogens (primary N) is 1. The molecule has 2 aromatic rings. The predicted molar refractivity (Wildman–Crippen MR) is 103 cm³/mol. The molecule has 0 bridgehead atoms. The maximum Gasteiger partial charge on any atom is 0.289 e. The van der Waals surface area contributed by atoms with E-state index in [4.69, 9.17) is 5.73 Å². The van der Waals surface area contributed by atoms with Gasteiger partial charge in [-0.1, -0.05) is 42.5 Å². The standard InChI is InChI=1S/C17H21N3O4S.ClH/c1-14-6-5-9-16(20(21)22)17(14)25(23,24)19(13-11-18)12-10-15-7-3-2-4-8-15;/h2-9H,10-13,18H2,1H3;1H. The average Bonchev–Trinajstić information content (AvgIpc) is 2.58. The van der Waals surface area contributed by atoms with Crippen LogP contribution in [-0.2, 0) is 16.4 Å². The Labute approximate surface area is 159 Å². The van der Waals surface area contributed by atoms with Crippen molar-refractivity contribution in [3.8, 4) is 0 Å². The third-order valence-corrected chi connectivity index (χ3v) is 5.95. The Morgan fingerprint density at radius 2 is 1.73 bits per heavy atom. The number of nitro groups is 1. The fourth-order valence-corrected chi connectivity index (χ4v) is 4.46. The lowest BCUT2D eigenvalue weighted by atomic mass is 10.1. The van der Waals surface area contributed by atoms with Crippen LogP contribution in [0.25, 0.3) is 0 Å². The molecule has 0 spiro atoms. The summed E-state index contributed by atoms with van der Waals surface area (Å²) in [5.74, 6) is 0. The summed E-state index contributed by atoms with van der Waals surface area (Å²) in [6, 6.07) is 13.7. The lowest BCUT2D eigenvalue weighted by Crippen LogP contribution is -2.37. The maximum atomic E-state index is 13.1.